The van der Waals surface area contributed by atoms with E-state index in [-0.39, 0.29) is 5.75 Å². The second kappa shape index (κ2) is 7.37. The van der Waals surface area contributed by atoms with Crippen LogP contribution in [-0.4, -0.2) is 23.1 Å². The highest BCUT2D eigenvalue weighted by Crippen LogP contribution is 2.18. The molecule has 0 unspecified atom stereocenters. The molecule has 3 heteroatoms. The fourth-order valence-corrected chi connectivity index (χ4v) is 2.12. The molecule has 1 aromatic rings. The van der Waals surface area contributed by atoms with Crippen molar-refractivity contribution >= 4 is 0 Å². The van der Waals surface area contributed by atoms with Gasteiger partial charge in [0.1, 0.15) is 0 Å². The molecular weight excluding hydrogens is 229 g/mol. The van der Waals surface area contributed by atoms with Crippen LogP contribution in [0.4, 0.5) is 4.39 Å². The number of benzene rings is 1. The molecule has 0 heterocycles. The molecule has 1 rings (SSSR count). The van der Waals surface area contributed by atoms with Crippen molar-refractivity contribution in [2.45, 2.75) is 40.2 Å². The molecule has 0 radical (unpaired) electrons. The van der Waals surface area contributed by atoms with Crippen LogP contribution < -0.4 is 0 Å². The van der Waals surface area contributed by atoms with Crippen LogP contribution in [0.3, 0.4) is 0 Å². The van der Waals surface area contributed by atoms with E-state index in [0.29, 0.717) is 5.92 Å². The van der Waals surface area contributed by atoms with E-state index < -0.39 is 5.82 Å². The Morgan fingerprint density at radius 3 is 2.39 bits per heavy atom. The topological polar surface area (TPSA) is 23.5 Å². The van der Waals surface area contributed by atoms with Crippen molar-refractivity contribution in [2.75, 3.05) is 13.1 Å². The first-order valence-corrected chi connectivity index (χ1v) is 6.80. The molecule has 0 saturated heterocycles. The molecule has 18 heavy (non-hydrogen) atoms. The van der Waals surface area contributed by atoms with Gasteiger partial charge in [0.25, 0.3) is 0 Å². The van der Waals surface area contributed by atoms with E-state index in [4.69, 9.17) is 5.11 Å². The van der Waals surface area contributed by atoms with Crippen LogP contribution in [0.1, 0.15) is 39.2 Å². The van der Waals surface area contributed by atoms with Gasteiger partial charge < -0.3 is 5.11 Å². The number of hydrogen-bond donors (Lipinski definition) is 1. The van der Waals surface area contributed by atoms with Gasteiger partial charge in [-0.1, -0.05) is 39.7 Å². The Bertz CT molecular complexity index is 364. The molecule has 0 bridgehead atoms. The van der Waals surface area contributed by atoms with E-state index in [2.05, 4.69) is 25.7 Å². The van der Waals surface area contributed by atoms with Gasteiger partial charge >= 0.3 is 0 Å². The normalized spacial score (nSPS) is 11.4. The number of aromatic hydroxyl groups is 1. The Balaban J connectivity index is 2.64. The predicted octanol–water partition coefficient (Wildman–Crippen LogP) is 3.79. The Labute approximate surface area is 109 Å². The highest BCUT2D eigenvalue weighted by molar-refractivity contribution is 5.27. The van der Waals surface area contributed by atoms with Gasteiger partial charge in [0.05, 0.1) is 0 Å². The van der Waals surface area contributed by atoms with Crippen LogP contribution in [0, 0.1) is 11.7 Å². The van der Waals surface area contributed by atoms with Crippen molar-refractivity contribution in [3.8, 4) is 5.75 Å². The molecule has 0 aliphatic carbocycles. The fraction of sp³-hybridized carbons (Fsp3) is 0.600. The minimum absolute atomic E-state index is 0.276. The summed E-state index contributed by atoms with van der Waals surface area (Å²) in [6.07, 6.45) is 2.36. The highest BCUT2D eigenvalue weighted by atomic mass is 19.1. The lowest BCUT2D eigenvalue weighted by Gasteiger charge is -2.25. The zero-order valence-electron chi connectivity index (χ0n) is 11.6. The van der Waals surface area contributed by atoms with Gasteiger partial charge in [-0.05, 0) is 30.2 Å². The molecule has 2 nitrogen and oxygen atoms in total. The molecule has 0 fully saturated rings. The van der Waals surface area contributed by atoms with Crippen molar-refractivity contribution in [1.29, 1.82) is 0 Å². The third-order valence-electron chi connectivity index (χ3n) is 3.54. The first-order valence-electron chi connectivity index (χ1n) is 6.80. The maximum Gasteiger partial charge on any atom is 0.165 e. The Morgan fingerprint density at radius 1 is 1.22 bits per heavy atom. The van der Waals surface area contributed by atoms with Crippen LogP contribution >= 0.6 is 0 Å². The molecule has 0 amide bonds. The van der Waals surface area contributed by atoms with E-state index in [1.165, 1.54) is 25.0 Å². The van der Waals surface area contributed by atoms with E-state index in [0.717, 1.165) is 25.2 Å². The molecule has 1 aromatic carbocycles. The molecule has 0 spiro atoms. The number of halogens is 1. The summed E-state index contributed by atoms with van der Waals surface area (Å²) in [5.74, 6) is -0.111. The molecule has 102 valence electrons. The second-order valence-corrected chi connectivity index (χ2v) is 4.80. The quantitative estimate of drug-likeness (QED) is 0.799. The average molecular weight is 253 g/mol. The fourth-order valence-electron chi connectivity index (χ4n) is 2.12. The Hall–Kier alpha value is -1.09. The molecule has 0 aliphatic heterocycles. The lowest BCUT2D eigenvalue weighted by molar-refractivity contribution is 0.226. The van der Waals surface area contributed by atoms with E-state index in [1.807, 2.05) is 0 Å². The van der Waals surface area contributed by atoms with Crippen molar-refractivity contribution in [3.05, 3.63) is 29.6 Å². The second-order valence-electron chi connectivity index (χ2n) is 4.80. The predicted molar refractivity (Wildman–Crippen MR) is 73.1 cm³/mol. The third kappa shape index (κ3) is 4.30. The van der Waals surface area contributed by atoms with Gasteiger partial charge in [0.15, 0.2) is 11.6 Å². The van der Waals surface area contributed by atoms with Crippen molar-refractivity contribution < 1.29 is 9.50 Å². The first-order chi connectivity index (χ1) is 8.60. The maximum absolute atomic E-state index is 13.3. The summed E-state index contributed by atoms with van der Waals surface area (Å²) in [6, 6.07) is 4.63. The zero-order chi connectivity index (χ0) is 13.5. The van der Waals surface area contributed by atoms with Gasteiger partial charge in [-0.25, -0.2) is 4.39 Å². The van der Waals surface area contributed by atoms with Crippen LogP contribution in [0.5, 0.6) is 5.75 Å². The zero-order valence-corrected chi connectivity index (χ0v) is 11.6. The van der Waals surface area contributed by atoms with E-state index in [9.17, 15) is 4.39 Å². The van der Waals surface area contributed by atoms with Crippen molar-refractivity contribution in [2.24, 2.45) is 5.92 Å². The summed E-state index contributed by atoms with van der Waals surface area (Å²) in [6.45, 7) is 9.29. The number of phenolic OH excluding ortho intramolecular Hbond substituents is 1. The number of phenols is 1. The van der Waals surface area contributed by atoms with Crippen molar-refractivity contribution in [3.63, 3.8) is 0 Å². The molecule has 0 saturated carbocycles. The Morgan fingerprint density at radius 2 is 1.89 bits per heavy atom. The van der Waals surface area contributed by atoms with E-state index in [1.54, 1.807) is 6.07 Å². The minimum Gasteiger partial charge on any atom is -0.505 e. The summed E-state index contributed by atoms with van der Waals surface area (Å²) in [7, 11) is 0. The summed E-state index contributed by atoms with van der Waals surface area (Å²) in [5.41, 5.74) is 0.915. The molecular formula is C15H24FNO. The molecule has 0 aromatic heterocycles. The average Bonchev–Trinajstić information content (AvgIpc) is 2.38. The Kier molecular flexibility index (Phi) is 6.13. The summed E-state index contributed by atoms with van der Waals surface area (Å²) in [5, 5.41) is 9.17. The van der Waals surface area contributed by atoms with Gasteiger partial charge in [-0.2, -0.15) is 0 Å². The van der Waals surface area contributed by atoms with Gasteiger partial charge in [0, 0.05) is 13.1 Å². The van der Waals surface area contributed by atoms with Gasteiger partial charge in [-0.15, -0.1) is 0 Å². The van der Waals surface area contributed by atoms with Crippen LogP contribution in [0.25, 0.3) is 0 Å². The smallest absolute Gasteiger partial charge is 0.165 e. The largest absolute Gasteiger partial charge is 0.505 e. The van der Waals surface area contributed by atoms with Crippen molar-refractivity contribution in [1.82, 2.24) is 4.90 Å². The highest BCUT2D eigenvalue weighted by Gasteiger charge is 2.11. The minimum atomic E-state index is -0.536. The van der Waals surface area contributed by atoms with Crippen LogP contribution in [-0.2, 0) is 6.54 Å². The van der Waals surface area contributed by atoms with Gasteiger partial charge in [0.2, 0.25) is 0 Å². The third-order valence-corrected chi connectivity index (χ3v) is 3.54. The summed E-state index contributed by atoms with van der Waals surface area (Å²) in [4.78, 5) is 2.32. The molecule has 1 N–H and O–H groups in total. The maximum atomic E-state index is 13.3. The first kappa shape index (κ1) is 15.0. The SMILES string of the molecule is CCC(CC)CN(CC)Cc1ccc(O)c(F)c1. The number of hydrogen-bond acceptors (Lipinski definition) is 2. The summed E-state index contributed by atoms with van der Waals surface area (Å²) >= 11 is 0. The lowest BCUT2D eigenvalue weighted by Crippen LogP contribution is -2.28. The number of rotatable bonds is 7. The standard InChI is InChI=1S/C15H24FNO/c1-4-12(5-2)10-17(6-3)11-13-7-8-15(18)14(16)9-13/h7-9,12,18H,4-6,10-11H2,1-3H3. The monoisotopic (exact) mass is 253 g/mol. The van der Waals surface area contributed by atoms with Crippen LogP contribution in [0.2, 0.25) is 0 Å². The molecule has 0 aliphatic rings. The number of nitrogens with zero attached hydrogens (tertiary/aromatic N) is 1. The lowest BCUT2D eigenvalue weighted by atomic mass is 10.0. The van der Waals surface area contributed by atoms with Gasteiger partial charge in [-0.3, -0.25) is 4.90 Å². The molecule has 0 atom stereocenters. The van der Waals surface area contributed by atoms with E-state index >= 15 is 0 Å². The van der Waals surface area contributed by atoms with Crippen LogP contribution in [0.15, 0.2) is 18.2 Å². The summed E-state index contributed by atoms with van der Waals surface area (Å²) < 4.78 is 13.3.